The van der Waals surface area contributed by atoms with E-state index in [1.807, 2.05) is 5.32 Å². The van der Waals surface area contributed by atoms with E-state index in [1.54, 1.807) is 0 Å². The largest absolute Gasteiger partial charge is 0.405 e. The summed E-state index contributed by atoms with van der Waals surface area (Å²) in [6, 6.07) is 0. The van der Waals surface area contributed by atoms with Crippen LogP contribution >= 0.6 is 0 Å². The first kappa shape index (κ1) is 15.2. The lowest BCUT2D eigenvalue weighted by Gasteiger charge is -2.14. The van der Waals surface area contributed by atoms with E-state index in [1.165, 1.54) is 12.8 Å². The van der Waals surface area contributed by atoms with Crippen molar-refractivity contribution in [1.29, 1.82) is 0 Å². The van der Waals surface area contributed by atoms with Crippen molar-refractivity contribution in [3.8, 4) is 0 Å². The number of hydrogen-bond donors (Lipinski definition) is 2. The second-order valence-electron chi connectivity index (χ2n) is 4.47. The van der Waals surface area contributed by atoms with Gasteiger partial charge in [0.25, 0.3) is 0 Å². The van der Waals surface area contributed by atoms with Gasteiger partial charge in [0.2, 0.25) is 5.91 Å². The molecule has 2 N–H and O–H groups in total. The van der Waals surface area contributed by atoms with Crippen molar-refractivity contribution in [2.24, 2.45) is 0 Å². The number of carbonyl (C=O) groups is 1. The zero-order valence-corrected chi connectivity index (χ0v) is 10.4. The van der Waals surface area contributed by atoms with E-state index in [9.17, 15) is 18.0 Å². The van der Waals surface area contributed by atoms with E-state index in [-0.39, 0.29) is 6.54 Å². The van der Waals surface area contributed by atoms with E-state index in [4.69, 9.17) is 0 Å². The summed E-state index contributed by atoms with van der Waals surface area (Å²) >= 11 is 0. The first-order valence-electron chi connectivity index (χ1n) is 6.24. The Morgan fingerprint density at radius 1 is 1.22 bits per heavy atom. The van der Waals surface area contributed by atoms with Gasteiger partial charge < -0.3 is 15.5 Å². The van der Waals surface area contributed by atoms with Crippen LogP contribution in [-0.4, -0.2) is 56.3 Å². The summed E-state index contributed by atoms with van der Waals surface area (Å²) in [6.45, 7) is 2.57. The maximum absolute atomic E-state index is 11.8. The Morgan fingerprint density at radius 3 is 2.50 bits per heavy atom. The zero-order valence-electron chi connectivity index (χ0n) is 10.4. The number of nitrogens with one attached hydrogen (secondary N) is 2. The molecule has 0 aliphatic carbocycles. The van der Waals surface area contributed by atoms with Crippen molar-refractivity contribution >= 4 is 5.91 Å². The lowest BCUT2D eigenvalue weighted by molar-refractivity contribution is -0.137. The number of halogens is 3. The Morgan fingerprint density at radius 2 is 1.89 bits per heavy atom. The Labute approximate surface area is 105 Å². The van der Waals surface area contributed by atoms with Gasteiger partial charge in [-0.2, -0.15) is 13.2 Å². The number of nitrogens with zero attached hydrogens (tertiary/aromatic N) is 1. The summed E-state index contributed by atoms with van der Waals surface area (Å²) in [5, 5.41) is 4.66. The number of carbonyl (C=O) groups excluding carboxylic acids is 1. The SMILES string of the molecule is O=C(CNCCCN1CCCC1)NCC(F)(F)F. The Hall–Kier alpha value is -0.820. The molecule has 1 saturated heterocycles. The van der Waals surface area contributed by atoms with Crippen LogP contribution in [-0.2, 0) is 4.79 Å². The molecule has 0 unspecified atom stereocenters. The van der Waals surface area contributed by atoms with Crippen molar-refractivity contribution in [3.05, 3.63) is 0 Å². The minimum absolute atomic E-state index is 0.0594. The van der Waals surface area contributed by atoms with Crippen LogP contribution in [0.2, 0.25) is 0 Å². The van der Waals surface area contributed by atoms with Gasteiger partial charge in [0.1, 0.15) is 6.54 Å². The molecule has 0 atom stereocenters. The molecule has 0 aromatic rings. The highest BCUT2D eigenvalue weighted by Crippen LogP contribution is 2.11. The van der Waals surface area contributed by atoms with Gasteiger partial charge in [-0.15, -0.1) is 0 Å². The zero-order chi connectivity index (χ0) is 13.4. The molecule has 1 rings (SSSR count). The van der Waals surface area contributed by atoms with Gasteiger partial charge in [0.05, 0.1) is 6.54 Å². The number of likely N-dealkylation sites (tertiary alicyclic amines) is 1. The van der Waals surface area contributed by atoms with Gasteiger partial charge in [0, 0.05) is 0 Å². The number of amides is 1. The number of alkyl halides is 3. The highest BCUT2D eigenvalue weighted by molar-refractivity contribution is 5.77. The molecule has 7 heteroatoms. The lowest BCUT2D eigenvalue weighted by atomic mass is 10.4. The van der Waals surface area contributed by atoms with Crippen LogP contribution in [0.3, 0.4) is 0 Å². The summed E-state index contributed by atoms with van der Waals surface area (Å²) in [5.41, 5.74) is 0. The van der Waals surface area contributed by atoms with E-state index in [0.717, 1.165) is 26.1 Å². The molecule has 0 bridgehead atoms. The molecule has 0 radical (unpaired) electrons. The highest BCUT2D eigenvalue weighted by atomic mass is 19.4. The molecule has 106 valence electrons. The molecule has 1 aliphatic heterocycles. The molecule has 4 nitrogen and oxygen atoms in total. The molecule has 0 saturated carbocycles. The average Bonchev–Trinajstić information content (AvgIpc) is 2.78. The molecule has 1 fully saturated rings. The molecule has 0 aromatic heterocycles. The van der Waals surface area contributed by atoms with Gasteiger partial charge in [-0.3, -0.25) is 4.79 Å². The third kappa shape index (κ3) is 7.50. The van der Waals surface area contributed by atoms with Crippen molar-refractivity contribution in [1.82, 2.24) is 15.5 Å². The third-order valence-corrected chi connectivity index (χ3v) is 2.80. The van der Waals surface area contributed by atoms with Crippen molar-refractivity contribution in [3.63, 3.8) is 0 Å². The maximum atomic E-state index is 11.8. The average molecular weight is 267 g/mol. The van der Waals surface area contributed by atoms with Crippen LogP contribution in [0.5, 0.6) is 0 Å². The lowest BCUT2D eigenvalue weighted by Crippen LogP contribution is -2.39. The van der Waals surface area contributed by atoms with Crippen molar-refractivity contribution in [2.45, 2.75) is 25.4 Å². The van der Waals surface area contributed by atoms with Crippen LogP contribution in [0.4, 0.5) is 13.2 Å². The molecule has 18 heavy (non-hydrogen) atoms. The molecular weight excluding hydrogens is 247 g/mol. The quantitative estimate of drug-likeness (QED) is 0.669. The van der Waals surface area contributed by atoms with Crippen LogP contribution in [0, 0.1) is 0 Å². The van der Waals surface area contributed by atoms with E-state index in [2.05, 4.69) is 10.2 Å². The topological polar surface area (TPSA) is 44.4 Å². The van der Waals surface area contributed by atoms with Crippen LogP contribution < -0.4 is 10.6 Å². The first-order chi connectivity index (χ1) is 8.47. The van der Waals surface area contributed by atoms with Gasteiger partial charge >= 0.3 is 6.18 Å². The van der Waals surface area contributed by atoms with Gasteiger partial charge in [-0.05, 0) is 45.4 Å². The minimum Gasteiger partial charge on any atom is -0.346 e. The fourth-order valence-corrected chi connectivity index (χ4v) is 1.90. The second kappa shape index (κ2) is 7.58. The van der Waals surface area contributed by atoms with E-state index >= 15 is 0 Å². The third-order valence-electron chi connectivity index (χ3n) is 2.80. The molecule has 0 spiro atoms. The number of hydrogen-bond acceptors (Lipinski definition) is 3. The van der Waals surface area contributed by atoms with Gasteiger partial charge in [-0.25, -0.2) is 0 Å². The fourth-order valence-electron chi connectivity index (χ4n) is 1.90. The molecule has 1 heterocycles. The molecule has 0 aromatic carbocycles. The molecular formula is C11H20F3N3O. The van der Waals surface area contributed by atoms with Crippen molar-refractivity contribution < 1.29 is 18.0 Å². The standard InChI is InChI=1S/C11H20F3N3O/c12-11(13,14)9-16-10(18)8-15-4-3-7-17-5-1-2-6-17/h15H,1-9H2,(H,16,18). The van der Waals surface area contributed by atoms with Crippen LogP contribution in [0.15, 0.2) is 0 Å². The fraction of sp³-hybridized carbons (Fsp3) is 0.909. The van der Waals surface area contributed by atoms with Gasteiger partial charge in [0.15, 0.2) is 0 Å². The minimum atomic E-state index is -4.34. The molecule has 1 aliphatic rings. The van der Waals surface area contributed by atoms with E-state index in [0.29, 0.717) is 6.54 Å². The maximum Gasteiger partial charge on any atom is 0.405 e. The second-order valence-corrected chi connectivity index (χ2v) is 4.47. The predicted octanol–water partition coefficient (Wildman–Crippen LogP) is 0.740. The Kier molecular flexibility index (Phi) is 6.42. The first-order valence-corrected chi connectivity index (χ1v) is 6.24. The smallest absolute Gasteiger partial charge is 0.346 e. The summed E-state index contributed by atoms with van der Waals surface area (Å²) in [4.78, 5) is 13.4. The monoisotopic (exact) mass is 267 g/mol. The summed E-state index contributed by atoms with van der Waals surface area (Å²) in [6.07, 6.45) is -0.946. The summed E-state index contributed by atoms with van der Waals surface area (Å²) < 4.78 is 35.4. The number of rotatable bonds is 7. The summed E-state index contributed by atoms with van der Waals surface area (Å²) in [5.74, 6) is -0.617. The Bertz CT molecular complexity index is 252. The van der Waals surface area contributed by atoms with E-state index < -0.39 is 18.6 Å². The predicted molar refractivity (Wildman–Crippen MR) is 62.2 cm³/mol. The van der Waals surface area contributed by atoms with Crippen LogP contribution in [0.25, 0.3) is 0 Å². The van der Waals surface area contributed by atoms with Crippen LogP contribution in [0.1, 0.15) is 19.3 Å². The van der Waals surface area contributed by atoms with Crippen molar-refractivity contribution in [2.75, 3.05) is 39.3 Å². The Balaban J connectivity index is 1.92. The molecule has 1 amide bonds. The summed E-state index contributed by atoms with van der Waals surface area (Å²) in [7, 11) is 0. The highest BCUT2D eigenvalue weighted by Gasteiger charge is 2.27. The normalized spacial score (nSPS) is 17.1. The van der Waals surface area contributed by atoms with Gasteiger partial charge in [-0.1, -0.05) is 0 Å².